The summed E-state index contributed by atoms with van der Waals surface area (Å²) in [5, 5.41) is 24.5. The molecule has 129 heavy (non-hydrogen) atoms. The van der Waals surface area contributed by atoms with Crippen molar-refractivity contribution in [2.75, 3.05) is 19.8 Å². The van der Waals surface area contributed by atoms with Crippen molar-refractivity contribution >= 4 is 160 Å². The van der Waals surface area contributed by atoms with Crippen LogP contribution < -0.4 is 23.7 Å². The summed E-state index contributed by atoms with van der Waals surface area (Å²) in [6.07, 6.45) is 20.3. The number of aliphatic hydroxyl groups excluding tert-OH is 1. The van der Waals surface area contributed by atoms with Crippen LogP contribution in [0.15, 0.2) is 159 Å². The Hall–Kier alpha value is -11.2. The Morgan fingerprint density at radius 3 is 0.876 bits per heavy atom. The largest absolute Gasteiger partial charge is 0.493 e. The summed E-state index contributed by atoms with van der Waals surface area (Å²) in [7, 11) is 0. The minimum absolute atomic E-state index is 0.0298. The van der Waals surface area contributed by atoms with E-state index in [1.54, 1.807) is 6.92 Å². The zero-order valence-electron chi connectivity index (χ0n) is 80.8. The number of terminal acetylenes is 1. The van der Waals surface area contributed by atoms with Gasteiger partial charge in [-0.25, -0.2) is 0 Å². The van der Waals surface area contributed by atoms with E-state index < -0.39 is 0 Å². The van der Waals surface area contributed by atoms with Gasteiger partial charge >= 0.3 is 0 Å². The van der Waals surface area contributed by atoms with Crippen LogP contribution in [0.4, 0.5) is 0 Å². The maximum atomic E-state index is 9.45. The summed E-state index contributed by atoms with van der Waals surface area (Å²) >= 11 is 5.87. The molecule has 0 radical (unpaired) electrons. The van der Waals surface area contributed by atoms with E-state index in [1.165, 1.54) is 159 Å². The van der Waals surface area contributed by atoms with Crippen LogP contribution in [0.25, 0.3) is 126 Å². The molecular formula is C117H130O9S3. The fraction of sp³-hybridized carbons (Fsp3) is 0.350. The predicted octanol–water partition coefficient (Wildman–Crippen LogP) is 34.6. The van der Waals surface area contributed by atoms with Crippen LogP contribution in [0.2, 0.25) is 0 Å². The van der Waals surface area contributed by atoms with Crippen LogP contribution in [0, 0.1) is 153 Å². The Bertz CT molecular complexity index is 7200. The summed E-state index contributed by atoms with van der Waals surface area (Å²) in [5.74, 6) is 8.90. The highest BCUT2D eigenvalue weighted by molar-refractivity contribution is 7.27. The minimum Gasteiger partial charge on any atom is -0.493 e. The van der Waals surface area contributed by atoms with Crippen molar-refractivity contribution in [2.45, 2.75) is 237 Å². The molecule has 0 aliphatic carbocycles. The molecule has 0 saturated heterocycles. The van der Waals surface area contributed by atoms with Crippen molar-refractivity contribution in [1.29, 1.82) is 0 Å². The van der Waals surface area contributed by atoms with E-state index in [-0.39, 0.29) is 6.61 Å². The van der Waals surface area contributed by atoms with Crippen molar-refractivity contribution in [3.63, 3.8) is 0 Å². The summed E-state index contributed by atoms with van der Waals surface area (Å²) in [4.78, 5) is 0. The van der Waals surface area contributed by atoms with Crippen molar-refractivity contribution in [1.82, 2.24) is 0 Å². The summed E-state index contributed by atoms with van der Waals surface area (Å²) in [6, 6.07) is 51.5. The molecule has 0 bridgehead atoms. The molecule has 12 heteroatoms. The normalized spacial score (nSPS) is 11.4. The number of thiophene rings is 3. The molecule has 0 amide bonds. The first-order chi connectivity index (χ1) is 61.9. The van der Waals surface area contributed by atoms with Gasteiger partial charge < -0.3 is 42.0 Å². The highest BCUT2D eigenvalue weighted by Gasteiger charge is 2.23. The van der Waals surface area contributed by atoms with Gasteiger partial charge in [-0.15, -0.1) is 34.0 Å². The third kappa shape index (κ3) is 20.2. The highest BCUT2D eigenvalue weighted by atomic mass is 32.1. The monoisotopic (exact) mass is 1770 g/mol. The van der Waals surface area contributed by atoms with E-state index in [1.807, 2.05) is 123 Å². The van der Waals surface area contributed by atoms with E-state index in [2.05, 4.69) is 241 Å². The maximum Gasteiger partial charge on any atom is 0.146 e. The van der Waals surface area contributed by atoms with Gasteiger partial charge in [-0.05, 0) is 318 Å². The smallest absolute Gasteiger partial charge is 0.146 e. The molecule has 0 fully saturated rings. The minimum atomic E-state index is 0.0298. The molecule has 0 aliphatic rings. The van der Waals surface area contributed by atoms with Gasteiger partial charge in [0.1, 0.15) is 74.5 Å². The zero-order valence-corrected chi connectivity index (χ0v) is 83.2. The second kappa shape index (κ2) is 42.1. The number of aryl methyl sites for hydroxylation is 18. The Balaban J connectivity index is 0.000000133. The predicted molar refractivity (Wildman–Crippen MR) is 556 cm³/mol. The van der Waals surface area contributed by atoms with Gasteiger partial charge in [0.05, 0.1) is 26.4 Å². The number of hydrogen-bond donors (Lipinski definition) is 1. The van der Waals surface area contributed by atoms with E-state index in [9.17, 15) is 5.11 Å². The lowest BCUT2D eigenvalue weighted by Crippen LogP contribution is -2.00. The Morgan fingerprint density at radius 1 is 0.310 bits per heavy atom. The summed E-state index contributed by atoms with van der Waals surface area (Å²) < 4.78 is 55.9. The molecular weight excluding hydrogens is 1650 g/mol. The highest BCUT2D eigenvalue weighted by Crippen LogP contribution is 2.46. The van der Waals surface area contributed by atoms with Crippen LogP contribution in [0.1, 0.15) is 213 Å². The summed E-state index contributed by atoms with van der Waals surface area (Å²) in [5.41, 5.74) is 29.2. The molecule has 670 valence electrons. The fourth-order valence-electron chi connectivity index (χ4n) is 17.4. The topological polar surface area (TPSA) is 106 Å². The van der Waals surface area contributed by atoms with Crippen LogP contribution in [0.5, 0.6) is 28.7 Å². The number of rotatable bonds is 21. The average molecular weight is 1780 g/mol. The molecule has 0 saturated carbocycles. The molecule has 18 aromatic rings. The lowest BCUT2D eigenvalue weighted by Gasteiger charge is -2.10. The molecule has 18 rings (SSSR count). The first-order valence-corrected chi connectivity index (χ1v) is 48.6. The third-order valence-corrected chi connectivity index (χ3v) is 30.4. The van der Waals surface area contributed by atoms with E-state index in [0.717, 1.165) is 173 Å². The molecule has 0 spiro atoms. The van der Waals surface area contributed by atoms with Crippen LogP contribution >= 0.6 is 34.0 Å². The Kier molecular flexibility index (Phi) is 31.1. The number of ether oxygens (including phenoxy) is 5. The van der Waals surface area contributed by atoms with Gasteiger partial charge in [-0.2, -0.15) is 0 Å². The standard InChI is InChI=1S/C23H26O3.C22H24O3.C21H26O3.C18H20S.C17H18S.C16H16S/c1-6-13-24-20-11-9-18-19-10-12-21(25-14-7-8-15(2)3)17(5)23(19)26-22(18)16(20)4;1-6-23-19-11-9-17-18-10-12-20(24-13-7-8-14(2)3)16(5)22(18)25-21(17)15(19)4;1-13(2)6-5-11-23-19-10-9-18-17-8-7-16(12-22)14(3)20(17)24-21(18)15(19)4;1-5-6-14-8-10-16-15-9-7-11(2)12(3)17(15)19-18(16)13(14)4;1-5-13-7-9-15-14-8-6-10(2)11(3)16(14)18-17(15)12(13)4;1-9-5-7-13-14-8-6-10(2)12(4)16(14)17-15(13)11(9)3/h9-12,15H,7-8,14H2,1-5H3;1,9-12,14H,7-8,13H2,2-5H3;7-10,13,22H,5-6,11-12H2,1-4H3;7-10H,5-6H2,1-4H3;6-9H,5H2,1-4H3;5-8H,1-4H3. The van der Waals surface area contributed by atoms with E-state index >= 15 is 0 Å². The van der Waals surface area contributed by atoms with Gasteiger partial charge in [-0.3, -0.25) is 0 Å². The molecule has 1 N–H and O–H groups in total. The Labute approximate surface area is 776 Å². The molecule has 0 unspecified atom stereocenters. The molecule has 0 atom stereocenters. The SMILES string of the molecule is C#COc1ccc2c(oc3c(C)c(OCCCC(C)C)ccc32)c1C.CC#COc1ccc2c(oc3c(C)c(OCCCC(C)C)ccc32)c1C.CCCc1ccc2c(sc3c(C)c(C)ccc32)c1C.CCc1ccc2c(sc3c(C)c(C)ccc32)c1C.Cc1c(CO)ccc2c1oc1c(C)c(OCCCC(C)C)ccc12.Cc1ccc2c(sc3c(C)c(C)ccc32)c1C. The van der Waals surface area contributed by atoms with Crippen LogP contribution in [-0.4, -0.2) is 24.9 Å². The van der Waals surface area contributed by atoms with Crippen molar-refractivity contribution in [2.24, 2.45) is 17.8 Å². The lowest BCUT2D eigenvalue weighted by atomic mass is 10.00. The molecule has 0 aliphatic heterocycles. The number of aliphatic hydroxyl groups is 1. The van der Waals surface area contributed by atoms with E-state index in [4.69, 9.17) is 43.4 Å². The fourth-order valence-corrected chi connectivity index (χ4v) is 21.6. The first kappa shape index (κ1) is 95.4. The number of hydrogen-bond acceptors (Lipinski definition) is 12. The average Bonchev–Trinajstić information content (AvgIpc) is 1.63. The zero-order chi connectivity index (χ0) is 92.5. The van der Waals surface area contributed by atoms with Crippen molar-refractivity contribution in [3.8, 4) is 53.3 Å². The molecule has 6 heterocycles. The van der Waals surface area contributed by atoms with Gasteiger partial charge in [0.2, 0.25) is 0 Å². The molecule has 9 nitrogen and oxygen atoms in total. The molecule has 12 aromatic carbocycles. The van der Waals surface area contributed by atoms with E-state index in [0.29, 0.717) is 23.5 Å². The number of benzene rings is 12. The second-order valence-electron chi connectivity index (χ2n) is 36.2. The first-order valence-electron chi connectivity index (χ1n) is 46.2. The maximum absolute atomic E-state index is 9.45. The van der Waals surface area contributed by atoms with Crippen LogP contribution in [0.3, 0.4) is 0 Å². The quantitative estimate of drug-likeness (QED) is 0.0556. The summed E-state index contributed by atoms with van der Waals surface area (Å²) in [6.45, 7) is 56.2. The van der Waals surface area contributed by atoms with Crippen molar-refractivity contribution < 1.29 is 42.0 Å². The second-order valence-corrected chi connectivity index (χ2v) is 39.3. The number of furan rings is 3. The van der Waals surface area contributed by atoms with Gasteiger partial charge in [0.15, 0.2) is 0 Å². The van der Waals surface area contributed by atoms with Gasteiger partial charge in [0, 0.05) is 128 Å². The molecule has 6 aromatic heterocycles. The van der Waals surface area contributed by atoms with Gasteiger partial charge in [0.25, 0.3) is 0 Å². The lowest BCUT2D eigenvalue weighted by molar-refractivity contribution is 0.281. The van der Waals surface area contributed by atoms with Gasteiger partial charge in [-0.1, -0.05) is 159 Å². The van der Waals surface area contributed by atoms with Crippen LogP contribution in [-0.2, 0) is 19.4 Å². The van der Waals surface area contributed by atoms with Crippen molar-refractivity contribution in [3.05, 3.63) is 251 Å². The third-order valence-electron chi connectivity index (χ3n) is 26.1. The number of fused-ring (bicyclic) bond motifs is 18. The Morgan fingerprint density at radius 2 is 0.574 bits per heavy atom.